The van der Waals surface area contributed by atoms with Crippen LogP contribution >= 0.6 is 0 Å². The minimum atomic E-state index is -0.199. The molecule has 2 heterocycles. The highest BCUT2D eigenvalue weighted by Gasteiger charge is 2.26. The number of rotatable bonds is 7. The lowest BCUT2D eigenvalue weighted by Gasteiger charge is -2.35. The fourth-order valence-corrected chi connectivity index (χ4v) is 3.66. The van der Waals surface area contributed by atoms with E-state index in [2.05, 4.69) is 9.97 Å². The van der Waals surface area contributed by atoms with Gasteiger partial charge in [-0.15, -0.1) is 0 Å². The van der Waals surface area contributed by atoms with Crippen molar-refractivity contribution in [2.75, 3.05) is 26.2 Å². The number of amides is 2. The zero-order chi connectivity index (χ0) is 21.5. The smallest absolute Gasteiger partial charge is 0.274 e. The molecule has 1 aliphatic heterocycles. The number of carbonyl (C=O) groups excluding carboxylic acids is 2. The van der Waals surface area contributed by atoms with Crippen molar-refractivity contribution < 1.29 is 14.3 Å². The molecule has 1 aromatic carbocycles. The van der Waals surface area contributed by atoms with Gasteiger partial charge in [0.25, 0.3) is 5.91 Å². The van der Waals surface area contributed by atoms with Gasteiger partial charge in [-0.05, 0) is 32.8 Å². The van der Waals surface area contributed by atoms with Crippen LogP contribution in [0.4, 0.5) is 0 Å². The lowest BCUT2D eigenvalue weighted by Crippen LogP contribution is -2.49. The molecule has 0 aliphatic carbocycles. The van der Waals surface area contributed by atoms with E-state index >= 15 is 0 Å². The van der Waals surface area contributed by atoms with Gasteiger partial charge in [0.15, 0.2) is 0 Å². The summed E-state index contributed by atoms with van der Waals surface area (Å²) in [6.07, 6.45) is 4.13. The normalized spacial score (nSPS) is 18.8. The van der Waals surface area contributed by atoms with Gasteiger partial charge in [0.2, 0.25) is 5.91 Å². The lowest BCUT2D eigenvalue weighted by molar-refractivity contribution is -0.143. The average Bonchev–Trinajstić information content (AvgIpc) is 2.73. The Balaban J connectivity index is 1.66. The van der Waals surface area contributed by atoms with E-state index in [9.17, 15) is 9.59 Å². The molecule has 2 atom stereocenters. The van der Waals surface area contributed by atoms with Crippen LogP contribution in [0.2, 0.25) is 0 Å². The van der Waals surface area contributed by atoms with E-state index in [1.807, 2.05) is 56.0 Å². The minimum Gasteiger partial charge on any atom is -0.372 e. The van der Waals surface area contributed by atoms with Crippen molar-refractivity contribution in [1.82, 2.24) is 19.8 Å². The quantitative estimate of drug-likeness (QED) is 0.701. The summed E-state index contributed by atoms with van der Waals surface area (Å²) in [6, 6.07) is 10.0. The van der Waals surface area contributed by atoms with Gasteiger partial charge in [0.05, 0.1) is 24.1 Å². The molecule has 3 rings (SSSR count). The molecule has 7 nitrogen and oxygen atoms in total. The maximum atomic E-state index is 13.0. The molecule has 0 bridgehead atoms. The summed E-state index contributed by atoms with van der Waals surface area (Å²) in [7, 11) is 0. The molecule has 1 aromatic heterocycles. The summed E-state index contributed by atoms with van der Waals surface area (Å²) in [6.45, 7) is 7.82. The van der Waals surface area contributed by atoms with Crippen LogP contribution in [-0.2, 0) is 16.0 Å². The van der Waals surface area contributed by atoms with Crippen molar-refractivity contribution in [3.05, 3.63) is 59.7 Å². The molecule has 1 saturated heterocycles. The van der Waals surface area contributed by atoms with E-state index in [1.54, 1.807) is 11.1 Å². The fraction of sp³-hybridized carbons (Fsp3) is 0.478. The highest BCUT2D eigenvalue weighted by molar-refractivity contribution is 5.92. The summed E-state index contributed by atoms with van der Waals surface area (Å²) in [5, 5.41) is 0. The van der Waals surface area contributed by atoms with Gasteiger partial charge in [0, 0.05) is 38.8 Å². The van der Waals surface area contributed by atoms with Crippen molar-refractivity contribution in [2.24, 2.45) is 0 Å². The molecule has 0 N–H and O–H groups in total. The Kier molecular flexibility index (Phi) is 7.52. The number of benzene rings is 1. The van der Waals surface area contributed by atoms with Crippen LogP contribution in [0, 0.1) is 6.92 Å². The predicted molar refractivity (Wildman–Crippen MR) is 114 cm³/mol. The van der Waals surface area contributed by atoms with Crippen molar-refractivity contribution in [2.45, 2.75) is 45.8 Å². The highest BCUT2D eigenvalue weighted by Crippen LogP contribution is 2.13. The van der Waals surface area contributed by atoms with E-state index in [1.165, 1.54) is 6.20 Å². The maximum Gasteiger partial charge on any atom is 0.274 e. The molecular weight excluding hydrogens is 380 g/mol. The van der Waals surface area contributed by atoms with Crippen LogP contribution in [0.25, 0.3) is 0 Å². The molecule has 0 saturated carbocycles. The van der Waals surface area contributed by atoms with Gasteiger partial charge in [-0.1, -0.05) is 30.3 Å². The fourth-order valence-electron chi connectivity index (χ4n) is 3.66. The molecule has 30 heavy (non-hydrogen) atoms. The van der Waals surface area contributed by atoms with Crippen molar-refractivity contribution in [1.29, 1.82) is 0 Å². The molecule has 7 heteroatoms. The van der Waals surface area contributed by atoms with Crippen molar-refractivity contribution in [3.63, 3.8) is 0 Å². The summed E-state index contributed by atoms with van der Waals surface area (Å²) in [5.74, 6) is -0.153. The van der Waals surface area contributed by atoms with Gasteiger partial charge >= 0.3 is 0 Å². The summed E-state index contributed by atoms with van der Waals surface area (Å²) < 4.78 is 5.71. The predicted octanol–water partition coefficient (Wildman–Crippen LogP) is 2.50. The van der Waals surface area contributed by atoms with E-state index in [0.29, 0.717) is 38.3 Å². The Morgan fingerprint density at radius 1 is 1.07 bits per heavy atom. The number of morpholine rings is 1. The monoisotopic (exact) mass is 410 g/mol. The average molecular weight is 411 g/mol. The van der Waals surface area contributed by atoms with Gasteiger partial charge in [-0.2, -0.15) is 0 Å². The third-order valence-corrected chi connectivity index (χ3v) is 5.17. The van der Waals surface area contributed by atoms with E-state index in [4.69, 9.17) is 4.74 Å². The summed E-state index contributed by atoms with van der Waals surface area (Å²) in [5.41, 5.74) is 2.20. The number of hydrogen-bond donors (Lipinski definition) is 0. The first-order chi connectivity index (χ1) is 14.4. The van der Waals surface area contributed by atoms with Gasteiger partial charge in [-0.3, -0.25) is 14.6 Å². The minimum absolute atomic E-state index is 0.0244. The van der Waals surface area contributed by atoms with Crippen LogP contribution < -0.4 is 0 Å². The van der Waals surface area contributed by atoms with Crippen LogP contribution in [0.15, 0.2) is 42.7 Å². The largest absolute Gasteiger partial charge is 0.372 e. The molecule has 2 unspecified atom stereocenters. The second-order valence-electron chi connectivity index (χ2n) is 7.88. The van der Waals surface area contributed by atoms with Crippen LogP contribution in [0.1, 0.15) is 42.0 Å². The first kappa shape index (κ1) is 21.9. The molecule has 0 spiro atoms. The van der Waals surface area contributed by atoms with Crippen molar-refractivity contribution >= 4 is 11.8 Å². The number of aromatic nitrogens is 2. The SMILES string of the molecule is Cc1cnc(C(=O)N(CCC(=O)N2CC(C)OC(C)C2)CCc2ccccc2)cn1. The Hall–Kier alpha value is -2.80. The zero-order valence-corrected chi connectivity index (χ0v) is 18.0. The summed E-state index contributed by atoms with van der Waals surface area (Å²) in [4.78, 5) is 37.8. The Bertz CT molecular complexity index is 831. The van der Waals surface area contributed by atoms with Crippen molar-refractivity contribution in [3.8, 4) is 0 Å². The zero-order valence-electron chi connectivity index (χ0n) is 18.0. The molecule has 160 valence electrons. The molecule has 2 aromatic rings. The second kappa shape index (κ2) is 10.3. The van der Waals surface area contributed by atoms with E-state index < -0.39 is 0 Å². The van der Waals surface area contributed by atoms with Crippen LogP contribution in [-0.4, -0.2) is 70.0 Å². The Morgan fingerprint density at radius 2 is 1.77 bits per heavy atom. The van der Waals surface area contributed by atoms with Gasteiger partial charge in [-0.25, -0.2) is 4.98 Å². The molecule has 0 radical (unpaired) electrons. The Morgan fingerprint density at radius 3 is 2.40 bits per heavy atom. The molecular formula is C23H30N4O3. The van der Waals surface area contributed by atoms with Crippen LogP contribution in [0.3, 0.4) is 0 Å². The second-order valence-corrected chi connectivity index (χ2v) is 7.88. The standard InChI is InChI=1S/C23H30N4O3/c1-17-13-25-21(14-24-17)23(29)26(11-9-20-7-5-4-6-8-20)12-10-22(28)27-15-18(2)30-19(3)16-27/h4-8,13-14,18-19H,9-12,15-16H2,1-3H3. The third-order valence-electron chi connectivity index (χ3n) is 5.17. The topological polar surface area (TPSA) is 75.6 Å². The highest BCUT2D eigenvalue weighted by atomic mass is 16.5. The number of carbonyl (C=O) groups is 2. The van der Waals surface area contributed by atoms with E-state index in [-0.39, 0.29) is 30.4 Å². The van der Waals surface area contributed by atoms with Crippen LogP contribution in [0.5, 0.6) is 0 Å². The van der Waals surface area contributed by atoms with Gasteiger partial charge in [0.1, 0.15) is 5.69 Å². The first-order valence-corrected chi connectivity index (χ1v) is 10.5. The Labute approximate surface area is 178 Å². The molecule has 1 aliphatic rings. The number of hydrogen-bond acceptors (Lipinski definition) is 5. The molecule has 2 amide bonds. The first-order valence-electron chi connectivity index (χ1n) is 10.5. The van der Waals surface area contributed by atoms with Gasteiger partial charge < -0.3 is 14.5 Å². The lowest BCUT2D eigenvalue weighted by atomic mass is 10.1. The number of aryl methyl sites for hydroxylation is 1. The van der Waals surface area contributed by atoms with E-state index in [0.717, 1.165) is 11.3 Å². The summed E-state index contributed by atoms with van der Waals surface area (Å²) >= 11 is 0. The number of ether oxygens (including phenoxy) is 1. The maximum absolute atomic E-state index is 13.0. The third kappa shape index (κ3) is 6.10. The number of nitrogens with zero attached hydrogens (tertiary/aromatic N) is 4. The molecule has 1 fully saturated rings.